The van der Waals surface area contributed by atoms with Gasteiger partial charge in [-0.1, -0.05) is 48.1 Å². The minimum Gasteiger partial charge on any atom is -0.0801 e. The predicted octanol–water partition coefficient (Wildman–Crippen LogP) is 3.34. The number of aryl methyl sites for hydroxylation is 1. The molecule has 2 rings (SSSR count). The molecule has 0 heterocycles. The zero-order valence-corrected chi connectivity index (χ0v) is 7.25. The summed E-state index contributed by atoms with van der Waals surface area (Å²) < 4.78 is 0. The molecule has 0 nitrogen and oxygen atoms in total. The van der Waals surface area contributed by atoms with Crippen molar-refractivity contribution < 1.29 is 0 Å². The molecule has 12 heavy (non-hydrogen) atoms. The van der Waals surface area contributed by atoms with Crippen LogP contribution in [0, 0.1) is 6.92 Å². The molecular formula is C12H12. The van der Waals surface area contributed by atoms with Gasteiger partial charge in [0.05, 0.1) is 0 Å². The van der Waals surface area contributed by atoms with Crippen molar-refractivity contribution in [2.45, 2.75) is 13.3 Å². The largest absolute Gasteiger partial charge is 0.0801 e. The van der Waals surface area contributed by atoms with Crippen molar-refractivity contribution in [1.29, 1.82) is 0 Å². The molecule has 0 aromatic heterocycles. The lowest BCUT2D eigenvalue weighted by Gasteiger charge is -2.00. The van der Waals surface area contributed by atoms with E-state index in [9.17, 15) is 0 Å². The van der Waals surface area contributed by atoms with Gasteiger partial charge in [-0.2, -0.15) is 0 Å². The van der Waals surface area contributed by atoms with Crippen LogP contribution in [-0.2, 0) is 0 Å². The normalized spacial score (nSPS) is 14.9. The maximum absolute atomic E-state index is 2.26. The van der Waals surface area contributed by atoms with Crippen LogP contribution in [0.15, 0.2) is 42.5 Å². The Bertz CT molecular complexity index is 343. The summed E-state index contributed by atoms with van der Waals surface area (Å²) >= 11 is 0. The highest BCUT2D eigenvalue weighted by Crippen LogP contribution is 2.21. The molecule has 1 aliphatic carbocycles. The molecular weight excluding hydrogens is 144 g/mol. The molecule has 0 N–H and O–H groups in total. The maximum atomic E-state index is 2.26. The molecule has 0 bridgehead atoms. The number of hydrogen-bond acceptors (Lipinski definition) is 0. The van der Waals surface area contributed by atoms with Gasteiger partial charge in [0, 0.05) is 0 Å². The van der Waals surface area contributed by atoms with Gasteiger partial charge in [0.1, 0.15) is 0 Å². The van der Waals surface area contributed by atoms with E-state index in [0.29, 0.717) is 0 Å². The molecule has 0 fully saturated rings. The van der Waals surface area contributed by atoms with Gasteiger partial charge in [-0.3, -0.25) is 0 Å². The molecule has 0 saturated heterocycles. The van der Waals surface area contributed by atoms with Crippen molar-refractivity contribution in [3.63, 3.8) is 0 Å². The monoisotopic (exact) mass is 156 g/mol. The molecule has 60 valence electrons. The Labute approximate surface area is 73.2 Å². The van der Waals surface area contributed by atoms with Crippen LogP contribution in [0.2, 0.25) is 0 Å². The average molecular weight is 156 g/mol. The van der Waals surface area contributed by atoms with Crippen LogP contribution >= 0.6 is 0 Å². The van der Waals surface area contributed by atoms with Gasteiger partial charge < -0.3 is 0 Å². The van der Waals surface area contributed by atoms with Gasteiger partial charge in [0.2, 0.25) is 0 Å². The number of allylic oxidation sites excluding steroid dienone is 4. The molecule has 0 heteroatoms. The van der Waals surface area contributed by atoms with Crippen LogP contribution in [0.25, 0.3) is 5.57 Å². The van der Waals surface area contributed by atoms with Gasteiger partial charge in [-0.05, 0) is 24.5 Å². The molecule has 0 amide bonds. The van der Waals surface area contributed by atoms with Crippen molar-refractivity contribution in [2.24, 2.45) is 0 Å². The quantitative estimate of drug-likeness (QED) is 0.585. The second-order valence-corrected chi connectivity index (χ2v) is 3.17. The first-order valence-corrected chi connectivity index (χ1v) is 4.30. The molecule has 0 spiro atoms. The summed E-state index contributed by atoms with van der Waals surface area (Å²) in [5.74, 6) is 0. The van der Waals surface area contributed by atoms with Crippen LogP contribution in [0.5, 0.6) is 0 Å². The third-order valence-electron chi connectivity index (χ3n) is 2.12. The van der Waals surface area contributed by atoms with Crippen LogP contribution < -0.4 is 0 Å². The highest BCUT2D eigenvalue weighted by atomic mass is 14.0. The van der Waals surface area contributed by atoms with Crippen LogP contribution in [0.4, 0.5) is 0 Å². The molecule has 1 aromatic rings. The summed E-state index contributed by atoms with van der Waals surface area (Å²) in [6.07, 6.45) is 7.73. The fourth-order valence-electron chi connectivity index (χ4n) is 1.50. The van der Waals surface area contributed by atoms with Crippen molar-refractivity contribution in [3.8, 4) is 0 Å². The Morgan fingerprint density at radius 1 is 1.25 bits per heavy atom. The molecule has 0 aliphatic heterocycles. The van der Waals surface area contributed by atoms with Gasteiger partial charge in [-0.25, -0.2) is 0 Å². The molecule has 1 aliphatic rings. The highest BCUT2D eigenvalue weighted by Gasteiger charge is 2.00. The lowest BCUT2D eigenvalue weighted by Crippen LogP contribution is -1.79. The van der Waals surface area contributed by atoms with Crippen molar-refractivity contribution in [1.82, 2.24) is 0 Å². The Kier molecular flexibility index (Phi) is 1.83. The summed E-state index contributed by atoms with van der Waals surface area (Å²) in [7, 11) is 0. The van der Waals surface area contributed by atoms with E-state index in [4.69, 9.17) is 0 Å². The smallest absolute Gasteiger partial charge is 0.0157 e. The van der Waals surface area contributed by atoms with E-state index in [0.717, 1.165) is 6.42 Å². The maximum Gasteiger partial charge on any atom is -0.0157 e. The standard InChI is InChI=1S/C12H12/c1-10-5-4-8-12(9-10)11-6-2-3-7-11/h2,4-9H,3H2,1H3. The highest BCUT2D eigenvalue weighted by molar-refractivity contribution is 5.76. The van der Waals surface area contributed by atoms with E-state index in [-0.39, 0.29) is 0 Å². The summed E-state index contributed by atoms with van der Waals surface area (Å²) in [5.41, 5.74) is 4.02. The van der Waals surface area contributed by atoms with E-state index in [1.54, 1.807) is 0 Å². The topological polar surface area (TPSA) is 0 Å². The fourth-order valence-corrected chi connectivity index (χ4v) is 1.50. The molecule has 0 radical (unpaired) electrons. The molecule has 1 aromatic carbocycles. The Morgan fingerprint density at radius 2 is 2.17 bits per heavy atom. The van der Waals surface area contributed by atoms with E-state index >= 15 is 0 Å². The van der Waals surface area contributed by atoms with Crippen molar-refractivity contribution >= 4 is 5.57 Å². The summed E-state index contributed by atoms with van der Waals surface area (Å²) in [4.78, 5) is 0. The van der Waals surface area contributed by atoms with E-state index in [2.05, 4.69) is 49.4 Å². The minimum absolute atomic E-state index is 1.09. The molecule has 0 saturated carbocycles. The second-order valence-electron chi connectivity index (χ2n) is 3.17. The van der Waals surface area contributed by atoms with Crippen LogP contribution in [0.1, 0.15) is 17.5 Å². The van der Waals surface area contributed by atoms with Gasteiger partial charge in [-0.15, -0.1) is 0 Å². The van der Waals surface area contributed by atoms with Crippen molar-refractivity contribution in [3.05, 3.63) is 53.6 Å². The fraction of sp³-hybridized carbons (Fsp3) is 0.167. The number of hydrogen-bond donors (Lipinski definition) is 0. The zero-order chi connectivity index (χ0) is 8.39. The SMILES string of the molecule is Cc1cccc(C2=CCC=C2)c1. The second kappa shape index (κ2) is 2.98. The Hall–Kier alpha value is -1.30. The Morgan fingerprint density at radius 3 is 2.83 bits per heavy atom. The Balaban J connectivity index is 2.40. The molecule has 0 atom stereocenters. The van der Waals surface area contributed by atoms with Crippen molar-refractivity contribution in [2.75, 3.05) is 0 Å². The summed E-state index contributed by atoms with van der Waals surface area (Å²) in [5, 5.41) is 0. The first kappa shape index (κ1) is 7.35. The summed E-state index contributed by atoms with van der Waals surface area (Å²) in [6, 6.07) is 8.62. The van der Waals surface area contributed by atoms with E-state index in [1.807, 2.05) is 0 Å². The lowest BCUT2D eigenvalue weighted by molar-refractivity contribution is 1.43. The number of benzene rings is 1. The summed E-state index contributed by atoms with van der Waals surface area (Å²) in [6.45, 7) is 2.13. The number of rotatable bonds is 1. The van der Waals surface area contributed by atoms with Gasteiger partial charge >= 0.3 is 0 Å². The van der Waals surface area contributed by atoms with E-state index in [1.165, 1.54) is 16.7 Å². The van der Waals surface area contributed by atoms with Gasteiger partial charge in [0.25, 0.3) is 0 Å². The minimum atomic E-state index is 1.09. The zero-order valence-electron chi connectivity index (χ0n) is 7.25. The third kappa shape index (κ3) is 1.33. The van der Waals surface area contributed by atoms with Crippen LogP contribution in [-0.4, -0.2) is 0 Å². The third-order valence-corrected chi connectivity index (χ3v) is 2.12. The first-order chi connectivity index (χ1) is 5.86. The van der Waals surface area contributed by atoms with Crippen LogP contribution in [0.3, 0.4) is 0 Å². The van der Waals surface area contributed by atoms with E-state index < -0.39 is 0 Å². The molecule has 0 unspecified atom stereocenters. The van der Waals surface area contributed by atoms with Gasteiger partial charge in [0.15, 0.2) is 0 Å². The lowest BCUT2D eigenvalue weighted by atomic mass is 10.1. The average Bonchev–Trinajstić information content (AvgIpc) is 2.56. The predicted molar refractivity (Wildman–Crippen MR) is 52.9 cm³/mol. The first-order valence-electron chi connectivity index (χ1n) is 4.30.